The van der Waals surface area contributed by atoms with Crippen LogP contribution in [0.1, 0.15) is 55.7 Å². The quantitative estimate of drug-likeness (QED) is 0.408. The van der Waals surface area contributed by atoms with Crippen LogP contribution in [0.25, 0.3) is 0 Å². The molecule has 1 saturated carbocycles. The Bertz CT molecular complexity index is 1090. The average Bonchev–Trinajstić information content (AvgIpc) is 3.48. The third-order valence-electron chi connectivity index (χ3n) is 6.25. The molecule has 9 nitrogen and oxygen atoms in total. The van der Waals surface area contributed by atoms with Crippen LogP contribution in [0.15, 0.2) is 34.5 Å². The van der Waals surface area contributed by atoms with Crippen LogP contribution >= 0.6 is 11.3 Å². The van der Waals surface area contributed by atoms with Gasteiger partial charge in [0.05, 0.1) is 29.5 Å². The van der Waals surface area contributed by atoms with E-state index >= 15 is 0 Å². The molecule has 1 aliphatic rings. The highest BCUT2D eigenvalue weighted by Gasteiger charge is 2.29. The van der Waals surface area contributed by atoms with Crippen molar-refractivity contribution in [2.24, 2.45) is 5.92 Å². The van der Waals surface area contributed by atoms with Crippen molar-refractivity contribution in [3.8, 4) is 0 Å². The van der Waals surface area contributed by atoms with Gasteiger partial charge >= 0.3 is 5.97 Å². The Kier molecular flexibility index (Phi) is 9.79. The molecule has 0 aliphatic heterocycles. The number of benzene rings is 1. The van der Waals surface area contributed by atoms with Crippen LogP contribution < -0.4 is 5.32 Å². The van der Waals surface area contributed by atoms with E-state index in [0.29, 0.717) is 17.5 Å². The molecule has 0 unspecified atom stereocenters. The molecule has 0 bridgehead atoms. The van der Waals surface area contributed by atoms with Crippen molar-refractivity contribution in [2.45, 2.75) is 56.3 Å². The maximum Gasteiger partial charge on any atom is 0.304 e. The number of sulfonamides is 1. The third-order valence-corrected chi connectivity index (χ3v) is 9.04. The summed E-state index contributed by atoms with van der Waals surface area (Å²) in [5.41, 5.74) is 1.59. The predicted octanol–water partition coefficient (Wildman–Crippen LogP) is 3.87. The number of anilines is 1. The van der Waals surface area contributed by atoms with Crippen LogP contribution in [-0.2, 0) is 24.3 Å². The van der Waals surface area contributed by atoms with Gasteiger partial charge < -0.3 is 15.2 Å². The molecule has 35 heavy (non-hydrogen) atoms. The van der Waals surface area contributed by atoms with E-state index in [1.807, 2.05) is 12.3 Å². The Morgan fingerprint density at radius 2 is 1.91 bits per heavy atom. The monoisotopic (exact) mass is 523 g/mol. The van der Waals surface area contributed by atoms with Gasteiger partial charge in [-0.25, -0.2) is 13.4 Å². The molecule has 0 saturated heterocycles. The molecular formula is C24H33N3O6S2. The fourth-order valence-electron chi connectivity index (χ4n) is 4.36. The van der Waals surface area contributed by atoms with Crippen LogP contribution in [0.4, 0.5) is 5.13 Å². The van der Waals surface area contributed by atoms with Gasteiger partial charge in [-0.3, -0.25) is 9.59 Å². The van der Waals surface area contributed by atoms with Gasteiger partial charge in [-0.15, -0.1) is 11.3 Å². The molecule has 1 amide bonds. The summed E-state index contributed by atoms with van der Waals surface area (Å²) < 4.78 is 32.5. The summed E-state index contributed by atoms with van der Waals surface area (Å²) in [5.74, 6) is -1.19. The first-order valence-electron chi connectivity index (χ1n) is 11.7. The van der Waals surface area contributed by atoms with Crippen molar-refractivity contribution in [1.82, 2.24) is 9.29 Å². The highest BCUT2D eigenvalue weighted by Crippen LogP contribution is 2.35. The summed E-state index contributed by atoms with van der Waals surface area (Å²) in [6.07, 6.45) is 4.89. The summed E-state index contributed by atoms with van der Waals surface area (Å²) in [6, 6.07) is 6.36. The largest absolute Gasteiger partial charge is 0.481 e. The average molecular weight is 524 g/mol. The first kappa shape index (κ1) is 27.3. The lowest BCUT2D eigenvalue weighted by molar-refractivity contribution is -0.137. The van der Waals surface area contributed by atoms with Gasteiger partial charge in [-0.05, 0) is 37.0 Å². The molecule has 1 aromatic carbocycles. The Balaban J connectivity index is 1.82. The molecule has 0 radical (unpaired) electrons. The summed E-state index contributed by atoms with van der Waals surface area (Å²) >= 11 is 1.38. The zero-order valence-electron chi connectivity index (χ0n) is 20.1. The lowest BCUT2D eigenvalue weighted by Gasteiger charge is -2.23. The summed E-state index contributed by atoms with van der Waals surface area (Å²) in [4.78, 5) is 28.6. The number of carboxylic acid groups (broad SMARTS) is 1. The van der Waals surface area contributed by atoms with E-state index in [4.69, 9.17) is 9.84 Å². The number of aryl methyl sites for hydroxylation is 1. The molecule has 1 atom stereocenters. The number of carboxylic acids is 1. The van der Waals surface area contributed by atoms with E-state index in [9.17, 15) is 18.0 Å². The van der Waals surface area contributed by atoms with Crippen molar-refractivity contribution in [1.29, 1.82) is 0 Å². The Hall–Kier alpha value is -2.34. The first-order valence-corrected chi connectivity index (χ1v) is 14.1. The zero-order chi connectivity index (χ0) is 25.4. The number of hydrogen-bond acceptors (Lipinski definition) is 7. The van der Waals surface area contributed by atoms with Crippen LogP contribution in [0, 0.1) is 12.8 Å². The molecule has 11 heteroatoms. The lowest BCUT2D eigenvalue weighted by Crippen LogP contribution is -2.35. The molecule has 1 heterocycles. The molecule has 2 N–H and O–H groups in total. The van der Waals surface area contributed by atoms with Crippen molar-refractivity contribution in [2.75, 3.05) is 32.1 Å². The van der Waals surface area contributed by atoms with Crippen LogP contribution in [-0.4, -0.2) is 61.5 Å². The third kappa shape index (κ3) is 7.57. The number of amides is 1. The Labute approximate surface area is 210 Å². The summed E-state index contributed by atoms with van der Waals surface area (Å²) in [6.45, 7) is 1.92. The maximum atomic E-state index is 13.2. The van der Waals surface area contributed by atoms with E-state index in [2.05, 4.69) is 10.3 Å². The number of methoxy groups -OCH3 is 1. The number of rotatable bonds is 13. The van der Waals surface area contributed by atoms with Gasteiger partial charge in [-0.1, -0.05) is 37.8 Å². The van der Waals surface area contributed by atoms with E-state index in [1.54, 1.807) is 12.1 Å². The number of carbonyl (C=O) groups excluding carboxylic acids is 1. The zero-order valence-corrected chi connectivity index (χ0v) is 21.7. The van der Waals surface area contributed by atoms with E-state index in [0.717, 1.165) is 41.2 Å². The molecule has 1 aromatic heterocycles. The molecule has 3 rings (SSSR count). The SMILES string of the molecule is COCCN(CCC(=O)O)S(=O)(=O)c1ccc([C@@H](CC2CCCC2)C(=O)Nc2nc(C)cs2)cc1. The minimum absolute atomic E-state index is 0.0494. The fraction of sp³-hybridized carbons (Fsp3) is 0.542. The summed E-state index contributed by atoms with van der Waals surface area (Å²) in [7, 11) is -2.46. The molecule has 192 valence electrons. The van der Waals surface area contributed by atoms with Crippen molar-refractivity contribution < 1.29 is 27.9 Å². The number of hydrogen-bond donors (Lipinski definition) is 2. The Morgan fingerprint density at radius 3 is 2.49 bits per heavy atom. The van der Waals surface area contributed by atoms with Gasteiger partial charge in [-0.2, -0.15) is 4.31 Å². The molecular weight excluding hydrogens is 490 g/mol. The number of nitrogens with zero attached hydrogens (tertiary/aromatic N) is 2. The van der Waals surface area contributed by atoms with E-state index in [1.165, 1.54) is 30.6 Å². The summed E-state index contributed by atoms with van der Waals surface area (Å²) in [5, 5.41) is 14.4. The van der Waals surface area contributed by atoms with Crippen molar-refractivity contribution in [3.05, 3.63) is 40.9 Å². The minimum Gasteiger partial charge on any atom is -0.481 e. The number of nitrogens with one attached hydrogen (secondary N) is 1. The second-order valence-corrected chi connectivity index (χ2v) is 11.6. The highest BCUT2D eigenvalue weighted by molar-refractivity contribution is 7.89. The second kappa shape index (κ2) is 12.6. The van der Waals surface area contributed by atoms with Gasteiger partial charge in [0.1, 0.15) is 0 Å². The fourth-order valence-corrected chi connectivity index (χ4v) is 6.48. The number of ether oxygens (including phenoxy) is 1. The van der Waals surface area contributed by atoms with Crippen LogP contribution in [0.3, 0.4) is 0 Å². The normalized spacial score (nSPS) is 15.4. The molecule has 2 aromatic rings. The van der Waals surface area contributed by atoms with E-state index in [-0.39, 0.29) is 36.9 Å². The lowest BCUT2D eigenvalue weighted by atomic mass is 9.87. The van der Waals surface area contributed by atoms with Crippen LogP contribution in [0.5, 0.6) is 0 Å². The minimum atomic E-state index is -3.92. The van der Waals surface area contributed by atoms with Crippen LogP contribution in [0.2, 0.25) is 0 Å². The predicted molar refractivity (Wildman–Crippen MR) is 134 cm³/mol. The number of aliphatic carboxylic acids is 1. The maximum absolute atomic E-state index is 13.2. The highest BCUT2D eigenvalue weighted by atomic mass is 32.2. The number of thiazole rings is 1. The topological polar surface area (TPSA) is 126 Å². The molecule has 1 fully saturated rings. The second-order valence-electron chi connectivity index (χ2n) is 8.83. The van der Waals surface area contributed by atoms with Crippen molar-refractivity contribution in [3.63, 3.8) is 0 Å². The van der Waals surface area contributed by atoms with Gasteiger partial charge in [0.25, 0.3) is 0 Å². The van der Waals surface area contributed by atoms with E-state index < -0.39 is 21.9 Å². The molecule has 0 spiro atoms. The number of aromatic nitrogens is 1. The van der Waals surface area contributed by atoms with Gasteiger partial charge in [0, 0.05) is 25.6 Å². The Morgan fingerprint density at radius 1 is 1.23 bits per heavy atom. The smallest absolute Gasteiger partial charge is 0.304 e. The standard InChI is InChI=1S/C24H33N3O6S2/c1-17-16-34-24(25-17)26-23(30)21(15-18-5-3-4-6-18)19-7-9-20(10-8-19)35(31,32)27(13-14-33-2)12-11-22(28)29/h7-10,16,18,21H,3-6,11-15H2,1-2H3,(H,28,29)(H,25,26,30)/t21-/m1/s1. The number of carbonyl (C=O) groups is 2. The first-order chi connectivity index (χ1) is 16.7. The van der Waals surface area contributed by atoms with Gasteiger partial charge in [0.15, 0.2) is 5.13 Å². The van der Waals surface area contributed by atoms with Gasteiger partial charge in [0.2, 0.25) is 15.9 Å². The molecule has 1 aliphatic carbocycles. The van der Waals surface area contributed by atoms with Crippen molar-refractivity contribution >= 4 is 38.4 Å².